The number of halogens is 3. The van der Waals surface area contributed by atoms with Gasteiger partial charge in [0.25, 0.3) is 0 Å². The molecule has 1 N–H and O–H groups in total. The van der Waals surface area contributed by atoms with Gasteiger partial charge in [-0.25, -0.2) is 8.42 Å². The van der Waals surface area contributed by atoms with Crippen LogP contribution in [0, 0.1) is 6.92 Å². The number of sulfonamides is 1. The first-order valence-corrected chi connectivity index (χ1v) is 14.4. The van der Waals surface area contributed by atoms with E-state index in [-0.39, 0.29) is 18.5 Å². The Balaban J connectivity index is 2.44. The molecule has 0 aliphatic heterocycles. The molecule has 0 saturated heterocycles. The predicted octanol–water partition coefficient (Wildman–Crippen LogP) is 5.16. The zero-order valence-corrected chi connectivity index (χ0v) is 24.2. The van der Waals surface area contributed by atoms with Crippen molar-refractivity contribution < 1.29 is 18.0 Å². The average molecular weight is 607 g/mol. The third-order valence-corrected chi connectivity index (χ3v) is 8.25. The number of carbonyl (C=O) groups is 2. The Morgan fingerprint density at radius 3 is 2.31 bits per heavy atom. The van der Waals surface area contributed by atoms with E-state index in [1.807, 2.05) is 20.8 Å². The molecule has 2 atom stereocenters. The lowest BCUT2D eigenvalue weighted by Crippen LogP contribution is -2.52. The van der Waals surface area contributed by atoms with Gasteiger partial charge in [0.05, 0.1) is 11.9 Å². The number of amides is 2. The number of carbonyl (C=O) groups excluding carboxylic acids is 2. The van der Waals surface area contributed by atoms with E-state index in [9.17, 15) is 18.0 Å². The van der Waals surface area contributed by atoms with Gasteiger partial charge in [-0.2, -0.15) is 0 Å². The molecule has 0 aromatic heterocycles. The monoisotopic (exact) mass is 605 g/mol. The van der Waals surface area contributed by atoms with Crippen molar-refractivity contribution in [2.24, 2.45) is 0 Å². The van der Waals surface area contributed by atoms with Crippen LogP contribution in [0.2, 0.25) is 10.0 Å². The molecule has 0 spiro atoms. The van der Waals surface area contributed by atoms with Crippen LogP contribution in [0.3, 0.4) is 0 Å². The standard InChI is InChI=1S/C24H30BrCl2N3O4S/c1-6-16(3)28-24(32)17(4)29(13-18-7-8-19(26)12-22(18)27)23(31)14-30(35(5,33)34)20-9-10-21(25)15(2)11-20/h7-12,16-17H,6,13-14H2,1-5H3,(H,28,32). The molecule has 2 aromatic carbocycles. The van der Waals surface area contributed by atoms with Gasteiger partial charge in [-0.3, -0.25) is 13.9 Å². The van der Waals surface area contributed by atoms with Crippen LogP contribution in [-0.2, 0) is 26.2 Å². The number of anilines is 1. The SMILES string of the molecule is CCC(C)NC(=O)C(C)N(Cc1ccc(Cl)cc1Cl)C(=O)CN(c1ccc(Br)c(C)c1)S(C)(=O)=O. The van der Waals surface area contributed by atoms with Crippen molar-refractivity contribution in [3.63, 3.8) is 0 Å². The van der Waals surface area contributed by atoms with Crippen molar-refractivity contribution in [3.8, 4) is 0 Å². The maximum absolute atomic E-state index is 13.6. The van der Waals surface area contributed by atoms with Crippen LogP contribution in [0.5, 0.6) is 0 Å². The summed E-state index contributed by atoms with van der Waals surface area (Å²) >= 11 is 15.8. The second-order valence-electron chi connectivity index (χ2n) is 8.45. The van der Waals surface area contributed by atoms with Crippen molar-refractivity contribution >= 4 is 66.7 Å². The number of nitrogens with one attached hydrogen (secondary N) is 1. The summed E-state index contributed by atoms with van der Waals surface area (Å²) in [4.78, 5) is 27.8. The summed E-state index contributed by atoms with van der Waals surface area (Å²) in [7, 11) is -3.81. The van der Waals surface area contributed by atoms with Crippen LogP contribution in [0.1, 0.15) is 38.3 Å². The van der Waals surface area contributed by atoms with Gasteiger partial charge in [0.1, 0.15) is 12.6 Å². The highest BCUT2D eigenvalue weighted by atomic mass is 79.9. The molecule has 0 fully saturated rings. The number of hydrogen-bond acceptors (Lipinski definition) is 4. The molecule has 2 rings (SSSR count). The first-order chi connectivity index (χ1) is 16.2. The number of aryl methyl sites for hydroxylation is 1. The fourth-order valence-corrected chi connectivity index (χ4v) is 4.84. The Morgan fingerprint density at radius 1 is 1.11 bits per heavy atom. The summed E-state index contributed by atoms with van der Waals surface area (Å²) in [6, 6.07) is 8.93. The van der Waals surface area contributed by atoms with Gasteiger partial charge in [-0.15, -0.1) is 0 Å². The van der Waals surface area contributed by atoms with E-state index in [0.717, 1.165) is 27.0 Å². The van der Waals surface area contributed by atoms with E-state index >= 15 is 0 Å². The van der Waals surface area contributed by atoms with Crippen LogP contribution in [0.15, 0.2) is 40.9 Å². The van der Waals surface area contributed by atoms with Gasteiger partial charge in [0.2, 0.25) is 21.8 Å². The summed E-state index contributed by atoms with van der Waals surface area (Å²) in [5.41, 5.74) is 1.75. The van der Waals surface area contributed by atoms with Crippen LogP contribution in [-0.4, -0.2) is 50.0 Å². The summed E-state index contributed by atoms with van der Waals surface area (Å²) in [5, 5.41) is 3.66. The lowest BCUT2D eigenvalue weighted by atomic mass is 10.1. The quantitative estimate of drug-likeness (QED) is 0.405. The molecule has 0 radical (unpaired) electrons. The lowest BCUT2D eigenvalue weighted by Gasteiger charge is -2.32. The van der Waals surface area contributed by atoms with Gasteiger partial charge in [-0.1, -0.05) is 52.1 Å². The van der Waals surface area contributed by atoms with Gasteiger partial charge in [0, 0.05) is 27.1 Å². The first-order valence-electron chi connectivity index (χ1n) is 11.0. The molecule has 35 heavy (non-hydrogen) atoms. The summed E-state index contributed by atoms with van der Waals surface area (Å²) < 4.78 is 27.2. The Hall–Kier alpha value is -1.81. The van der Waals surface area contributed by atoms with E-state index in [1.54, 1.807) is 43.3 Å². The second-order valence-corrected chi connectivity index (χ2v) is 12.1. The van der Waals surface area contributed by atoms with Gasteiger partial charge in [0.15, 0.2) is 0 Å². The zero-order chi connectivity index (χ0) is 26.5. The maximum atomic E-state index is 13.6. The first kappa shape index (κ1) is 29.4. The highest BCUT2D eigenvalue weighted by molar-refractivity contribution is 9.10. The Morgan fingerprint density at radius 2 is 1.77 bits per heavy atom. The summed E-state index contributed by atoms with van der Waals surface area (Å²) in [5.74, 6) is -0.892. The Kier molecular flexibility index (Phi) is 10.4. The molecule has 0 aliphatic carbocycles. The van der Waals surface area contributed by atoms with E-state index in [2.05, 4.69) is 21.2 Å². The number of rotatable bonds is 10. The van der Waals surface area contributed by atoms with E-state index in [0.29, 0.717) is 21.3 Å². The van der Waals surface area contributed by atoms with Crippen molar-refractivity contribution in [1.29, 1.82) is 0 Å². The third-order valence-electron chi connectivity index (χ3n) is 5.63. The van der Waals surface area contributed by atoms with E-state index in [1.165, 1.54) is 4.90 Å². The van der Waals surface area contributed by atoms with Gasteiger partial charge >= 0.3 is 0 Å². The molecule has 0 bridgehead atoms. The molecule has 0 saturated carbocycles. The van der Waals surface area contributed by atoms with Crippen LogP contribution < -0.4 is 9.62 Å². The smallest absolute Gasteiger partial charge is 0.244 e. The molecule has 2 unspecified atom stereocenters. The van der Waals surface area contributed by atoms with Crippen molar-refractivity contribution in [1.82, 2.24) is 10.2 Å². The van der Waals surface area contributed by atoms with Gasteiger partial charge in [-0.05, 0) is 68.7 Å². The van der Waals surface area contributed by atoms with Crippen LogP contribution in [0.4, 0.5) is 5.69 Å². The fraction of sp³-hybridized carbons (Fsp3) is 0.417. The number of nitrogens with zero attached hydrogens (tertiary/aromatic N) is 2. The average Bonchev–Trinajstić information content (AvgIpc) is 2.77. The molecule has 11 heteroatoms. The minimum Gasteiger partial charge on any atom is -0.352 e. The fourth-order valence-electron chi connectivity index (χ4n) is 3.28. The number of hydrogen-bond donors (Lipinski definition) is 1. The minimum atomic E-state index is -3.81. The van der Waals surface area contributed by atoms with E-state index < -0.39 is 28.5 Å². The zero-order valence-electron chi connectivity index (χ0n) is 20.3. The number of benzene rings is 2. The largest absolute Gasteiger partial charge is 0.352 e. The van der Waals surface area contributed by atoms with Crippen LogP contribution >= 0.6 is 39.1 Å². The van der Waals surface area contributed by atoms with Crippen molar-refractivity contribution in [2.75, 3.05) is 17.1 Å². The normalized spacial score (nSPS) is 13.1. The molecular weight excluding hydrogens is 577 g/mol. The highest BCUT2D eigenvalue weighted by Crippen LogP contribution is 2.26. The molecule has 0 heterocycles. The molecule has 192 valence electrons. The Labute approximate surface area is 225 Å². The summed E-state index contributed by atoms with van der Waals surface area (Å²) in [6.07, 6.45) is 1.76. The molecule has 2 aromatic rings. The second kappa shape index (κ2) is 12.4. The van der Waals surface area contributed by atoms with Crippen molar-refractivity contribution in [3.05, 3.63) is 62.0 Å². The topological polar surface area (TPSA) is 86.8 Å². The highest BCUT2D eigenvalue weighted by Gasteiger charge is 2.31. The van der Waals surface area contributed by atoms with E-state index in [4.69, 9.17) is 23.2 Å². The minimum absolute atomic E-state index is 0.000889. The Bertz CT molecular complexity index is 1190. The molecule has 0 aliphatic rings. The van der Waals surface area contributed by atoms with Crippen molar-refractivity contribution in [2.45, 2.75) is 52.7 Å². The molecule has 2 amide bonds. The lowest BCUT2D eigenvalue weighted by molar-refractivity contribution is -0.139. The summed E-state index contributed by atoms with van der Waals surface area (Å²) in [6.45, 7) is 6.76. The van der Waals surface area contributed by atoms with Crippen LogP contribution in [0.25, 0.3) is 0 Å². The van der Waals surface area contributed by atoms with Gasteiger partial charge < -0.3 is 10.2 Å². The molecule has 7 nitrogen and oxygen atoms in total. The predicted molar refractivity (Wildman–Crippen MR) is 145 cm³/mol. The molecular formula is C24H30BrCl2N3O4S. The maximum Gasteiger partial charge on any atom is 0.244 e. The third kappa shape index (κ3) is 8.10.